The van der Waals surface area contributed by atoms with Crippen molar-refractivity contribution in [2.24, 2.45) is 10.8 Å². The molecular formula is C19H35. The van der Waals surface area contributed by atoms with Crippen molar-refractivity contribution in [3.63, 3.8) is 0 Å². The highest BCUT2D eigenvalue weighted by molar-refractivity contribution is 5.00. The maximum Gasteiger partial charge on any atom is -0.0297 e. The second-order valence-electron chi connectivity index (χ2n) is 7.72. The van der Waals surface area contributed by atoms with Gasteiger partial charge in [0.25, 0.3) is 0 Å². The lowest BCUT2D eigenvalue weighted by Gasteiger charge is -2.52. The molecule has 3 saturated carbocycles. The minimum Gasteiger partial charge on any atom is -0.0654 e. The largest absolute Gasteiger partial charge is 0.0654 e. The third-order valence-corrected chi connectivity index (χ3v) is 6.12. The monoisotopic (exact) mass is 263 g/mol. The standard InChI is InChI=1S/C19H35/c1-3-4-5-6-7-8-9-10-11-19-15-12-18(2,13-16-19)14-17-19/h2-17H2,1H3. The zero-order valence-electron chi connectivity index (χ0n) is 13.3. The van der Waals surface area contributed by atoms with E-state index in [1.54, 1.807) is 0 Å². The first-order valence-electron chi connectivity index (χ1n) is 9.04. The summed E-state index contributed by atoms with van der Waals surface area (Å²) in [6.45, 7) is 6.76. The lowest BCUT2D eigenvalue weighted by molar-refractivity contribution is 0.0114. The van der Waals surface area contributed by atoms with Gasteiger partial charge in [-0.2, -0.15) is 0 Å². The van der Waals surface area contributed by atoms with Crippen molar-refractivity contribution in [3.05, 3.63) is 6.92 Å². The van der Waals surface area contributed by atoms with Gasteiger partial charge in [0, 0.05) is 0 Å². The highest BCUT2D eigenvalue weighted by Crippen LogP contribution is 2.58. The van der Waals surface area contributed by atoms with Crippen LogP contribution in [0.3, 0.4) is 0 Å². The van der Waals surface area contributed by atoms with Crippen molar-refractivity contribution in [3.8, 4) is 0 Å². The van der Waals surface area contributed by atoms with Gasteiger partial charge in [0.2, 0.25) is 0 Å². The number of rotatable bonds is 9. The van der Waals surface area contributed by atoms with E-state index in [0.29, 0.717) is 5.41 Å². The predicted molar refractivity (Wildman–Crippen MR) is 85.2 cm³/mol. The highest BCUT2D eigenvalue weighted by Gasteiger charge is 2.45. The van der Waals surface area contributed by atoms with Crippen LogP contribution in [0, 0.1) is 17.8 Å². The van der Waals surface area contributed by atoms with E-state index < -0.39 is 0 Å². The van der Waals surface area contributed by atoms with Gasteiger partial charge in [-0.25, -0.2) is 0 Å². The average Bonchev–Trinajstić information content (AvgIpc) is 2.44. The SMILES string of the molecule is [CH2]C12CCC(CCCCCCCCCC)(CC1)CC2. The van der Waals surface area contributed by atoms with Gasteiger partial charge in [-0.1, -0.05) is 58.3 Å². The maximum atomic E-state index is 4.46. The summed E-state index contributed by atoms with van der Waals surface area (Å²) in [7, 11) is 0. The summed E-state index contributed by atoms with van der Waals surface area (Å²) in [4.78, 5) is 0. The molecule has 3 rings (SSSR count). The minimum absolute atomic E-state index is 0.501. The zero-order chi connectivity index (χ0) is 13.6. The fraction of sp³-hybridized carbons (Fsp3) is 0.947. The van der Waals surface area contributed by atoms with Crippen molar-refractivity contribution < 1.29 is 0 Å². The molecule has 0 heterocycles. The third kappa shape index (κ3) is 4.50. The van der Waals surface area contributed by atoms with Gasteiger partial charge in [-0.3, -0.25) is 0 Å². The highest BCUT2D eigenvalue weighted by atomic mass is 14.5. The summed E-state index contributed by atoms with van der Waals surface area (Å²) in [5, 5.41) is 0. The number of hydrogen-bond donors (Lipinski definition) is 0. The molecule has 0 nitrogen and oxygen atoms in total. The smallest absolute Gasteiger partial charge is 0.0297 e. The number of hydrogen-bond acceptors (Lipinski definition) is 0. The summed E-state index contributed by atoms with van der Waals surface area (Å²) < 4.78 is 0. The topological polar surface area (TPSA) is 0 Å². The molecule has 0 saturated heterocycles. The molecule has 2 bridgehead atoms. The van der Waals surface area contributed by atoms with Crippen LogP contribution in [0.1, 0.15) is 103 Å². The molecule has 0 aromatic carbocycles. The Labute approximate surface area is 121 Å². The molecule has 3 fully saturated rings. The Bertz CT molecular complexity index is 228. The van der Waals surface area contributed by atoms with E-state index in [9.17, 15) is 0 Å². The molecule has 0 heteroatoms. The van der Waals surface area contributed by atoms with Crippen molar-refractivity contribution in [1.82, 2.24) is 0 Å². The van der Waals surface area contributed by atoms with E-state index in [2.05, 4.69) is 13.8 Å². The Morgan fingerprint density at radius 3 is 1.68 bits per heavy atom. The van der Waals surface area contributed by atoms with E-state index in [4.69, 9.17) is 0 Å². The molecule has 0 unspecified atom stereocenters. The second-order valence-corrected chi connectivity index (χ2v) is 7.72. The summed E-state index contributed by atoms with van der Waals surface area (Å²) in [5.74, 6) is 0. The van der Waals surface area contributed by atoms with Gasteiger partial charge >= 0.3 is 0 Å². The molecule has 0 aromatic rings. The van der Waals surface area contributed by atoms with Crippen LogP contribution in [0.4, 0.5) is 0 Å². The Hall–Kier alpha value is 0. The zero-order valence-corrected chi connectivity index (χ0v) is 13.3. The summed E-state index contributed by atoms with van der Waals surface area (Å²) >= 11 is 0. The Morgan fingerprint density at radius 2 is 1.16 bits per heavy atom. The van der Waals surface area contributed by atoms with Gasteiger partial charge < -0.3 is 0 Å². The van der Waals surface area contributed by atoms with E-state index in [1.165, 1.54) is 96.3 Å². The maximum absolute atomic E-state index is 4.46. The Balaban J connectivity index is 1.52. The van der Waals surface area contributed by atoms with Crippen molar-refractivity contribution in [1.29, 1.82) is 0 Å². The van der Waals surface area contributed by atoms with Crippen molar-refractivity contribution in [2.45, 2.75) is 103 Å². The van der Waals surface area contributed by atoms with Gasteiger partial charge in [0.05, 0.1) is 0 Å². The summed E-state index contributed by atoms with van der Waals surface area (Å²) in [5.41, 5.74) is 1.27. The normalized spacial score (nSPS) is 33.8. The van der Waals surface area contributed by atoms with Gasteiger partial charge in [0.1, 0.15) is 0 Å². The molecule has 0 N–H and O–H groups in total. The van der Waals surface area contributed by atoms with Crippen LogP contribution >= 0.6 is 0 Å². The molecule has 0 aliphatic heterocycles. The molecule has 0 spiro atoms. The van der Waals surface area contributed by atoms with E-state index in [0.717, 1.165) is 5.41 Å². The molecule has 111 valence electrons. The van der Waals surface area contributed by atoms with Crippen LogP contribution in [0.25, 0.3) is 0 Å². The predicted octanol–water partition coefficient (Wildman–Crippen LogP) is 6.69. The Kier molecular flexibility index (Phi) is 5.78. The van der Waals surface area contributed by atoms with Crippen LogP contribution in [-0.2, 0) is 0 Å². The van der Waals surface area contributed by atoms with Crippen LogP contribution < -0.4 is 0 Å². The average molecular weight is 263 g/mol. The fourth-order valence-electron chi connectivity index (χ4n) is 4.35. The first-order chi connectivity index (χ1) is 9.18. The van der Waals surface area contributed by atoms with Gasteiger partial charge in [0.15, 0.2) is 0 Å². The summed E-state index contributed by atoms with van der Waals surface area (Å²) in [6, 6.07) is 0. The first-order valence-corrected chi connectivity index (χ1v) is 9.04. The number of unbranched alkanes of at least 4 members (excludes halogenated alkanes) is 7. The van der Waals surface area contributed by atoms with E-state index >= 15 is 0 Å². The molecule has 0 atom stereocenters. The second kappa shape index (κ2) is 7.14. The lowest BCUT2D eigenvalue weighted by Crippen LogP contribution is -2.39. The van der Waals surface area contributed by atoms with Gasteiger partial charge in [-0.05, 0) is 62.7 Å². The summed E-state index contributed by atoms with van der Waals surface area (Å²) in [6.07, 6.45) is 22.0. The molecular weight excluding hydrogens is 228 g/mol. The van der Waals surface area contributed by atoms with E-state index in [1.807, 2.05) is 0 Å². The van der Waals surface area contributed by atoms with Crippen molar-refractivity contribution >= 4 is 0 Å². The molecule has 1 radical (unpaired) electrons. The van der Waals surface area contributed by atoms with Gasteiger partial charge in [-0.15, -0.1) is 0 Å². The van der Waals surface area contributed by atoms with Crippen LogP contribution in [0.2, 0.25) is 0 Å². The molecule has 0 aromatic heterocycles. The van der Waals surface area contributed by atoms with Crippen molar-refractivity contribution in [2.75, 3.05) is 0 Å². The fourth-order valence-corrected chi connectivity index (χ4v) is 4.35. The molecule has 19 heavy (non-hydrogen) atoms. The molecule has 3 aliphatic rings. The minimum atomic E-state index is 0.501. The third-order valence-electron chi connectivity index (χ3n) is 6.12. The lowest BCUT2D eigenvalue weighted by atomic mass is 9.53. The van der Waals surface area contributed by atoms with Crippen LogP contribution in [0.15, 0.2) is 0 Å². The van der Waals surface area contributed by atoms with Crippen LogP contribution in [-0.4, -0.2) is 0 Å². The van der Waals surface area contributed by atoms with E-state index in [-0.39, 0.29) is 0 Å². The molecule has 0 amide bonds. The Morgan fingerprint density at radius 1 is 0.684 bits per heavy atom. The number of fused-ring (bicyclic) bond motifs is 3. The quantitative estimate of drug-likeness (QED) is 0.406. The van der Waals surface area contributed by atoms with Crippen LogP contribution in [0.5, 0.6) is 0 Å². The first kappa shape index (κ1) is 15.4. The molecule has 3 aliphatic carbocycles.